The second-order valence-corrected chi connectivity index (χ2v) is 7.18. The van der Waals surface area contributed by atoms with Gasteiger partial charge in [0.1, 0.15) is 0 Å². The summed E-state index contributed by atoms with van der Waals surface area (Å²) in [7, 11) is 2.00. The van der Waals surface area contributed by atoms with E-state index in [4.69, 9.17) is 0 Å². The summed E-state index contributed by atoms with van der Waals surface area (Å²) in [6.45, 7) is 7.18. The van der Waals surface area contributed by atoms with E-state index in [0.717, 1.165) is 45.6 Å². The van der Waals surface area contributed by atoms with Crippen molar-refractivity contribution in [3.8, 4) is 0 Å². The van der Waals surface area contributed by atoms with Gasteiger partial charge in [-0.1, -0.05) is 37.3 Å². The van der Waals surface area contributed by atoms with Crippen LogP contribution in [-0.2, 0) is 11.3 Å². The third kappa shape index (κ3) is 4.50. The number of benzene rings is 1. The minimum absolute atomic E-state index is 0. The lowest BCUT2D eigenvalue weighted by Gasteiger charge is -2.38. The number of halogens is 1. The summed E-state index contributed by atoms with van der Waals surface area (Å²) in [6.07, 6.45) is 2.17. The number of likely N-dealkylation sites (tertiary alicyclic amines) is 1. The average Bonchev–Trinajstić information content (AvgIpc) is 3.01. The van der Waals surface area contributed by atoms with Crippen LogP contribution in [-0.4, -0.2) is 55.0 Å². The first-order chi connectivity index (χ1) is 11.1. The molecule has 2 atom stereocenters. The van der Waals surface area contributed by atoms with Crippen molar-refractivity contribution in [2.75, 3.05) is 33.2 Å². The Morgan fingerprint density at radius 1 is 1.21 bits per heavy atom. The third-order valence-electron chi connectivity index (χ3n) is 5.54. The van der Waals surface area contributed by atoms with Crippen molar-refractivity contribution in [3.05, 3.63) is 35.9 Å². The maximum atomic E-state index is 12.7. The molecule has 2 fully saturated rings. The highest BCUT2D eigenvalue weighted by Crippen LogP contribution is 2.23. The minimum Gasteiger partial charge on any atom is -0.342 e. The topological polar surface area (TPSA) is 35.6 Å². The molecule has 0 unspecified atom stereocenters. The lowest BCUT2D eigenvalue weighted by Crippen LogP contribution is -2.48. The quantitative estimate of drug-likeness (QED) is 0.904. The zero-order chi connectivity index (χ0) is 16.2. The number of carbonyl (C=O) groups excluding carboxylic acids is 1. The van der Waals surface area contributed by atoms with Crippen molar-refractivity contribution in [3.63, 3.8) is 0 Å². The molecule has 0 bridgehead atoms. The second-order valence-electron chi connectivity index (χ2n) is 7.18. The molecule has 0 saturated carbocycles. The van der Waals surface area contributed by atoms with Gasteiger partial charge in [-0.15, -0.1) is 12.4 Å². The average molecular weight is 352 g/mol. The van der Waals surface area contributed by atoms with Crippen LogP contribution in [0, 0.1) is 11.8 Å². The van der Waals surface area contributed by atoms with Gasteiger partial charge in [-0.05, 0) is 30.9 Å². The maximum absolute atomic E-state index is 12.7. The van der Waals surface area contributed by atoms with Crippen LogP contribution in [0.3, 0.4) is 0 Å². The SMILES string of the molecule is C[C@@H]1CNC[C@H]1C(=O)N(C)C1CCN(Cc2ccccc2)CC1.Cl. The molecule has 2 aliphatic rings. The highest BCUT2D eigenvalue weighted by atomic mass is 35.5. The standard InChI is InChI=1S/C19H29N3O.ClH/c1-15-12-20-13-18(15)19(23)21(2)17-8-10-22(11-9-17)14-16-6-4-3-5-7-16;/h3-7,15,17-18,20H,8-14H2,1-2H3;1H/t15-,18-;/m1./s1. The summed E-state index contributed by atoms with van der Waals surface area (Å²) in [5.41, 5.74) is 1.38. The largest absolute Gasteiger partial charge is 0.342 e. The monoisotopic (exact) mass is 351 g/mol. The number of amides is 1. The van der Waals surface area contributed by atoms with Crippen LogP contribution in [0.5, 0.6) is 0 Å². The van der Waals surface area contributed by atoms with Crippen molar-refractivity contribution in [1.82, 2.24) is 15.1 Å². The van der Waals surface area contributed by atoms with E-state index in [-0.39, 0.29) is 18.3 Å². The van der Waals surface area contributed by atoms with E-state index in [0.29, 0.717) is 17.9 Å². The van der Waals surface area contributed by atoms with Crippen LogP contribution in [0.25, 0.3) is 0 Å². The molecule has 0 aliphatic carbocycles. The van der Waals surface area contributed by atoms with E-state index in [2.05, 4.69) is 47.5 Å². The Morgan fingerprint density at radius 3 is 2.46 bits per heavy atom. The number of nitrogens with zero attached hydrogens (tertiary/aromatic N) is 2. The molecule has 1 N–H and O–H groups in total. The lowest BCUT2D eigenvalue weighted by atomic mass is 9.94. The molecule has 2 saturated heterocycles. The molecule has 2 heterocycles. The van der Waals surface area contributed by atoms with Crippen molar-refractivity contribution in [2.24, 2.45) is 11.8 Å². The first-order valence-corrected chi connectivity index (χ1v) is 8.89. The van der Waals surface area contributed by atoms with Gasteiger partial charge in [0.15, 0.2) is 0 Å². The second kappa shape index (κ2) is 8.84. The van der Waals surface area contributed by atoms with Crippen LogP contribution in [0.2, 0.25) is 0 Å². The molecule has 0 aromatic heterocycles. The fourth-order valence-electron chi connectivity index (χ4n) is 3.89. The van der Waals surface area contributed by atoms with E-state index in [9.17, 15) is 4.79 Å². The molecule has 2 aliphatic heterocycles. The summed E-state index contributed by atoms with van der Waals surface area (Å²) in [5.74, 6) is 0.967. The molecule has 4 nitrogen and oxygen atoms in total. The van der Waals surface area contributed by atoms with Gasteiger partial charge in [0, 0.05) is 39.3 Å². The highest BCUT2D eigenvalue weighted by Gasteiger charge is 2.34. The van der Waals surface area contributed by atoms with Crippen molar-refractivity contribution >= 4 is 18.3 Å². The fraction of sp³-hybridized carbons (Fsp3) is 0.632. The lowest BCUT2D eigenvalue weighted by molar-refractivity contribution is -0.137. The predicted octanol–water partition coefficient (Wildman–Crippen LogP) is 2.39. The Kier molecular flexibility index (Phi) is 7.08. The number of piperidine rings is 1. The molecule has 0 radical (unpaired) electrons. The van der Waals surface area contributed by atoms with Crippen LogP contribution >= 0.6 is 12.4 Å². The molecule has 1 amide bonds. The molecule has 1 aromatic rings. The molecule has 3 rings (SSSR count). The minimum atomic E-state index is 0. The van der Waals surface area contributed by atoms with Gasteiger partial charge in [-0.2, -0.15) is 0 Å². The zero-order valence-electron chi connectivity index (χ0n) is 14.8. The van der Waals surface area contributed by atoms with E-state index in [1.165, 1.54) is 5.56 Å². The number of carbonyl (C=O) groups is 1. The normalized spacial score (nSPS) is 25.2. The van der Waals surface area contributed by atoms with Crippen molar-refractivity contribution in [1.29, 1.82) is 0 Å². The Labute approximate surface area is 152 Å². The Morgan fingerprint density at radius 2 is 1.88 bits per heavy atom. The Hall–Kier alpha value is -1.10. The fourth-order valence-corrected chi connectivity index (χ4v) is 3.89. The summed E-state index contributed by atoms with van der Waals surface area (Å²) in [5, 5.41) is 3.34. The Bertz CT molecular complexity index is 517. The maximum Gasteiger partial charge on any atom is 0.227 e. The molecule has 134 valence electrons. The van der Waals surface area contributed by atoms with Gasteiger partial charge in [0.2, 0.25) is 5.91 Å². The van der Waals surface area contributed by atoms with E-state index in [1.807, 2.05) is 11.9 Å². The van der Waals surface area contributed by atoms with Gasteiger partial charge in [0.05, 0.1) is 5.92 Å². The van der Waals surface area contributed by atoms with Gasteiger partial charge < -0.3 is 10.2 Å². The van der Waals surface area contributed by atoms with Crippen molar-refractivity contribution < 1.29 is 4.79 Å². The highest BCUT2D eigenvalue weighted by molar-refractivity contribution is 5.85. The van der Waals surface area contributed by atoms with Gasteiger partial charge >= 0.3 is 0 Å². The molecule has 1 aromatic carbocycles. The van der Waals surface area contributed by atoms with Gasteiger partial charge in [0.25, 0.3) is 0 Å². The van der Waals surface area contributed by atoms with Crippen LogP contribution in [0.1, 0.15) is 25.3 Å². The summed E-state index contributed by atoms with van der Waals surface area (Å²) in [4.78, 5) is 17.2. The number of nitrogens with one attached hydrogen (secondary N) is 1. The molecular weight excluding hydrogens is 322 g/mol. The van der Waals surface area contributed by atoms with E-state index in [1.54, 1.807) is 0 Å². The first-order valence-electron chi connectivity index (χ1n) is 8.89. The van der Waals surface area contributed by atoms with Gasteiger partial charge in [-0.3, -0.25) is 9.69 Å². The third-order valence-corrected chi connectivity index (χ3v) is 5.54. The van der Waals surface area contributed by atoms with Crippen molar-refractivity contribution in [2.45, 2.75) is 32.4 Å². The summed E-state index contributed by atoms with van der Waals surface area (Å²) >= 11 is 0. The zero-order valence-corrected chi connectivity index (χ0v) is 15.6. The predicted molar refractivity (Wildman–Crippen MR) is 100 cm³/mol. The number of hydrogen-bond acceptors (Lipinski definition) is 3. The molecule has 5 heteroatoms. The molecular formula is C19H30ClN3O. The molecule has 24 heavy (non-hydrogen) atoms. The van der Waals surface area contributed by atoms with Crippen LogP contribution in [0.4, 0.5) is 0 Å². The van der Waals surface area contributed by atoms with Gasteiger partial charge in [-0.25, -0.2) is 0 Å². The number of rotatable bonds is 4. The molecule has 0 spiro atoms. The first kappa shape index (κ1) is 19.2. The summed E-state index contributed by atoms with van der Waals surface area (Å²) < 4.78 is 0. The van der Waals surface area contributed by atoms with Crippen LogP contribution < -0.4 is 5.32 Å². The van der Waals surface area contributed by atoms with E-state index >= 15 is 0 Å². The van der Waals surface area contributed by atoms with Crippen LogP contribution in [0.15, 0.2) is 30.3 Å². The Balaban J connectivity index is 0.00000208. The number of hydrogen-bond donors (Lipinski definition) is 1. The smallest absolute Gasteiger partial charge is 0.227 e. The summed E-state index contributed by atoms with van der Waals surface area (Å²) in [6, 6.07) is 11.1. The van der Waals surface area contributed by atoms with E-state index < -0.39 is 0 Å².